The van der Waals surface area contributed by atoms with Gasteiger partial charge < -0.3 is 4.74 Å². The van der Waals surface area contributed by atoms with Gasteiger partial charge in [-0.05, 0) is 12.8 Å². The zero-order valence-corrected chi connectivity index (χ0v) is 10.1. The fraction of sp³-hybridized carbons (Fsp3) is 0.385. The molecule has 0 radical (unpaired) electrons. The SMILES string of the molecule is CC#Cc1cncc(OC#N)c1.CC(C)C. The van der Waals surface area contributed by atoms with Crippen LogP contribution in [0.25, 0.3) is 0 Å². The van der Waals surface area contributed by atoms with Crippen LogP contribution in [0.1, 0.15) is 33.3 Å². The predicted octanol–water partition coefficient (Wildman–Crippen LogP) is 2.98. The molecule has 0 aliphatic heterocycles. The van der Waals surface area contributed by atoms with Crippen LogP contribution in [0, 0.1) is 29.3 Å². The number of aromatic nitrogens is 1. The molecule has 1 aromatic heterocycles. The summed E-state index contributed by atoms with van der Waals surface area (Å²) < 4.78 is 4.57. The Balaban J connectivity index is 0.000000487. The van der Waals surface area contributed by atoms with Crippen LogP contribution in [0.4, 0.5) is 0 Å². The van der Waals surface area contributed by atoms with Crippen LogP contribution in [0.5, 0.6) is 5.75 Å². The van der Waals surface area contributed by atoms with Gasteiger partial charge in [-0.2, -0.15) is 0 Å². The molecule has 0 amide bonds. The van der Waals surface area contributed by atoms with Crippen LogP contribution in [-0.2, 0) is 0 Å². The topological polar surface area (TPSA) is 45.9 Å². The first-order chi connectivity index (χ1) is 7.60. The second-order valence-corrected chi connectivity index (χ2v) is 3.71. The van der Waals surface area contributed by atoms with Gasteiger partial charge in [-0.3, -0.25) is 4.98 Å². The van der Waals surface area contributed by atoms with Gasteiger partial charge in [0.05, 0.1) is 6.20 Å². The fourth-order valence-corrected chi connectivity index (χ4v) is 0.740. The average molecular weight is 216 g/mol. The third-order valence-electron chi connectivity index (χ3n) is 1.15. The second-order valence-electron chi connectivity index (χ2n) is 3.71. The molecule has 0 saturated carbocycles. The summed E-state index contributed by atoms with van der Waals surface area (Å²) in [6, 6.07) is 1.66. The molecule has 0 N–H and O–H groups in total. The lowest BCUT2D eigenvalue weighted by atomic mass is 10.3. The van der Waals surface area contributed by atoms with Crippen molar-refractivity contribution in [2.24, 2.45) is 5.92 Å². The van der Waals surface area contributed by atoms with Crippen molar-refractivity contribution in [3.8, 4) is 23.8 Å². The van der Waals surface area contributed by atoms with E-state index in [1.165, 1.54) is 6.20 Å². The maximum absolute atomic E-state index is 8.20. The van der Waals surface area contributed by atoms with E-state index in [0.717, 1.165) is 11.5 Å². The summed E-state index contributed by atoms with van der Waals surface area (Å²) in [4.78, 5) is 3.84. The molecule has 0 bridgehead atoms. The zero-order valence-electron chi connectivity index (χ0n) is 10.1. The zero-order chi connectivity index (χ0) is 12.4. The lowest BCUT2D eigenvalue weighted by molar-refractivity contribution is 0.504. The van der Waals surface area contributed by atoms with E-state index in [9.17, 15) is 0 Å². The highest BCUT2D eigenvalue weighted by atomic mass is 16.5. The third-order valence-corrected chi connectivity index (χ3v) is 1.15. The standard InChI is InChI=1S/C9H6N2O.C4H10/c1-2-3-8-4-9(12-7-10)6-11-5-8;1-4(2)3/h4-6H,1H3;4H,1-3H3. The van der Waals surface area contributed by atoms with Crippen molar-refractivity contribution in [3.05, 3.63) is 24.0 Å². The number of hydrogen-bond donors (Lipinski definition) is 0. The first-order valence-corrected chi connectivity index (χ1v) is 5.04. The molecule has 3 nitrogen and oxygen atoms in total. The van der Waals surface area contributed by atoms with Crippen molar-refractivity contribution < 1.29 is 4.74 Å². The Labute approximate surface area is 97.1 Å². The summed E-state index contributed by atoms with van der Waals surface area (Å²) in [5, 5.41) is 8.20. The van der Waals surface area contributed by atoms with Gasteiger partial charge in [0.15, 0.2) is 5.75 Å². The maximum Gasteiger partial charge on any atom is 0.292 e. The Morgan fingerprint density at radius 1 is 1.31 bits per heavy atom. The first-order valence-electron chi connectivity index (χ1n) is 5.04. The molecule has 0 aliphatic carbocycles. The molecule has 0 atom stereocenters. The molecule has 0 saturated heterocycles. The Morgan fingerprint density at radius 2 is 1.94 bits per heavy atom. The Hall–Kier alpha value is -2.00. The molecule has 16 heavy (non-hydrogen) atoms. The Kier molecular flexibility index (Phi) is 7.28. The lowest BCUT2D eigenvalue weighted by Crippen LogP contribution is -1.84. The largest absolute Gasteiger partial charge is 0.386 e. The number of hydrogen-bond acceptors (Lipinski definition) is 3. The van der Waals surface area contributed by atoms with Crippen LogP contribution >= 0.6 is 0 Å². The van der Waals surface area contributed by atoms with Gasteiger partial charge in [0, 0.05) is 17.8 Å². The highest BCUT2D eigenvalue weighted by molar-refractivity contribution is 5.36. The molecular weight excluding hydrogens is 200 g/mol. The van der Waals surface area contributed by atoms with Gasteiger partial charge in [0.25, 0.3) is 6.26 Å². The first kappa shape index (κ1) is 14.0. The summed E-state index contributed by atoms with van der Waals surface area (Å²) in [5.74, 6) is 6.78. The third kappa shape index (κ3) is 7.41. The molecule has 0 unspecified atom stereocenters. The molecule has 1 rings (SSSR count). The highest BCUT2D eigenvalue weighted by Gasteiger charge is 1.93. The van der Waals surface area contributed by atoms with Crippen LogP contribution in [0.15, 0.2) is 18.5 Å². The van der Waals surface area contributed by atoms with Crippen LogP contribution in [0.3, 0.4) is 0 Å². The lowest BCUT2D eigenvalue weighted by Gasteiger charge is -1.93. The number of ether oxygens (including phenoxy) is 1. The van der Waals surface area contributed by atoms with E-state index in [1.807, 2.05) is 0 Å². The van der Waals surface area contributed by atoms with Gasteiger partial charge in [-0.1, -0.05) is 26.7 Å². The van der Waals surface area contributed by atoms with Crippen LogP contribution in [-0.4, -0.2) is 4.98 Å². The van der Waals surface area contributed by atoms with Gasteiger partial charge in [0.1, 0.15) is 0 Å². The van der Waals surface area contributed by atoms with Gasteiger partial charge >= 0.3 is 0 Å². The fourth-order valence-electron chi connectivity index (χ4n) is 0.740. The summed E-state index contributed by atoms with van der Waals surface area (Å²) in [6.07, 6.45) is 4.64. The average Bonchev–Trinajstić information content (AvgIpc) is 2.18. The van der Waals surface area contributed by atoms with E-state index >= 15 is 0 Å². The van der Waals surface area contributed by atoms with E-state index in [2.05, 4.69) is 42.3 Å². The van der Waals surface area contributed by atoms with Crippen LogP contribution < -0.4 is 4.74 Å². The minimum absolute atomic E-state index is 0.415. The van der Waals surface area contributed by atoms with Gasteiger partial charge in [-0.25, -0.2) is 0 Å². The Morgan fingerprint density at radius 3 is 2.44 bits per heavy atom. The van der Waals surface area contributed by atoms with Crippen LogP contribution in [0.2, 0.25) is 0 Å². The number of rotatable bonds is 1. The van der Waals surface area contributed by atoms with Gasteiger partial charge in [-0.15, -0.1) is 11.2 Å². The minimum atomic E-state index is 0.415. The van der Waals surface area contributed by atoms with Crippen molar-refractivity contribution >= 4 is 0 Å². The van der Waals surface area contributed by atoms with E-state index in [4.69, 9.17) is 5.26 Å². The number of pyridine rings is 1. The predicted molar refractivity (Wildman–Crippen MR) is 63.5 cm³/mol. The monoisotopic (exact) mass is 216 g/mol. The summed E-state index contributed by atoms with van der Waals surface area (Å²) in [6.45, 7) is 8.23. The second kappa shape index (κ2) is 8.32. The van der Waals surface area contributed by atoms with Crippen molar-refractivity contribution in [1.29, 1.82) is 5.26 Å². The van der Waals surface area contributed by atoms with Crippen molar-refractivity contribution in [3.63, 3.8) is 0 Å². The number of nitrogens with zero attached hydrogens (tertiary/aromatic N) is 2. The summed E-state index contributed by atoms with van der Waals surface area (Å²) in [5.41, 5.74) is 0.741. The highest BCUT2D eigenvalue weighted by Crippen LogP contribution is 2.09. The van der Waals surface area contributed by atoms with E-state index in [0.29, 0.717) is 5.75 Å². The quantitative estimate of drug-likeness (QED) is 0.535. The van der Waals surface area contributed by atoms with Gasteiger partial charge in [0.2, 0.25) is 0 Å². The van der Waals surface area contributed by atoms with Crippen molar-refractivity contribution in [2.75, 3.05) is 0 Å². The molecular formula is C13H16N2O. The maximum atomic E-state index is 8.20. The molecule has 1 heterocycles. The van der Waals surface area contributed by atoms with E-state index in [1.54, 1.807) is 25.4 Å². The normalized spacial score (nSPS) is 8.00. The Bertz CT molecular complexity index is 405. The molecule has 0 spiro atoms. The molecule has 1 aromatic rings. The summed E-state index contributed by atoms with van der Waals surface area (Å²) in [7, 11) is 0. The molecule has 3 heteroatoms. The summed E-state index contributed by atoms with van der Waals surface area (Å²) >= 11 is 0. The van der Waals surface area contributed by atoms with E-state index in [-0.39, 0.29) is 0 Å². The smallest absolute Gasteiger partial charge is 0.292 e. The minimum Gasteiger partial charge on any atom is -0.386 e. The molecule has 0 aromatic carbocycles. The van der Waals surface area contributed by atoms with Crippen molar-refractivity contribution in [1.82, 2.24) is 4.98 Å². The molecule has 0 fully saturated rings. The van der Waals surface area contributed by atoms with Crippen molar-refractivity contribution in [2.45, 2.75) is 27.7 Å². The van der Waals surface area contributed by atoms with E-state index < -0.39 is 0 Å². The number of nitriles is 1. The molecule has 0 aliphatic rings. The molecule has 84 valence electrons.